The number of ether oxygens (including phenoxy) is 2. The number of nitro benzene ring substituents is 1. The van der Waals surface area contributed by atoms with Crippen LogP contribution in [0.1, 0.15) is 5.56 Å². The smallest absolute Gasteiger partial charge is 0.311 e. The molecule has 104 valence electrons. The second-order valence-electron chi connectivity index (χ2n) is 4.53. The van der Waals surface area contributed by atoms with Crippen LogP contribution in [-0.2, 0) is 4.74 Å². The van der Waals surface area contributed by atoms with Crippen molar-refractivity contribution >= 4 is 5.69 Å². The minimum atomic E-state index is -0.406. The highest BCUT2D eigenvalue weighted by molar-refractivity contribution is 5.48. The molecule has 2 rings (SSSR count). The van der Waals surface area contributed by atoms with Gasteiger partial charge in [0.05, 0.1) is 18.1 Å². The van der Waals surface area contributed by atoms with Gasteiger partial charge in [-0.3, -0.25) is 15.0 Å². The summed E-state index contributed by atoms with van der Waals surface area (Å²) in [6.45, 7) is 6.29. The van der Waals surface area contributed by atoms with Crippen LogP contribution < -0.4 is 4.74 Å². The molecule has 0 aromatic heterocycles. The first-order valence-electron chi connectivity index (χ1n) is 6.35. The van der Waals surface area contributed by atoms with Gasteiger partial charge in [-0.2, -0.15) is 0 Å². The van der Waals surface area contributed by atoms with E-state index in [0.717, 1.165) is 38.4 Å². The Morgan fingerprint density at radius 1 is 1.42 bits per heavy atom. The second-order valence-corrected chi connectivity index (χ2v) is 4.53. The Bertz CT molecular complexity index is 444. The highest BCUT2D eigenvalue weighted by Gasteiger charge is 2.16. The van der Waals surface area contributed by atoms with Crippen LogP contribution in [0.25, 0.3) is 0 Å². The van der Waals surface area contributed by atoms with E-state index in [9.17, 15) is 10.1 Å². The molecule has 0 aliphatic carbocycles. The maximum Gasteiger partial charge on any atom is 0.311 e. The fourth-order valence-electron chi connectivity index (χ4n) is 2.00. The summed E-state index contributed by atoms with van der Waals surface area (Å²) in [6.07, 6.45) is 0. The number of hydrogen-bond acceptors (Lipinski definition) is 5. The van der Waals surface area contributed by atoms with Crippen molar-refractivity contribution in [1.82, 2.24) is 4.90 Å². The van der Waals surface area contributed by atoms with Crippen molar-refractivity contribution < 1.29 is 14.4 Å². The quantitative estimate of drug-likeness (QED) is 0.598. The first-order chi connectivity index (χ1) is 9.16. The molecule has 1 fully saturated rings. The summed E-state index contributed by atoms with van der Waals surface area (Å²) in [6, 6.07) is 5.01. The van der Waals surface area contributed by atoms with E-state index in [2.05, 4.69) is 4.90 Å². The third-order valence-corrected chi connectivity index (χ3v) is 3.08. The van der Waals surface area contributed by atoms with Gasteiger partial charge in [0.25, 0.3) is 0 Å². The van der Waals surface area contributed by atoms with Crippen molar-refractivity contribution in [3.05, 3.63) is 33.9 Å². The summed E-state index contributed by atoms with van der Waals surface area (Å²) >= 11 is 0. The average Bonchev–Trinajstić information content (AvgIpc) is 2.41. The van der Waals surface area contributed by atoms with Gasteiger partial charge in [0.2, 0.25) is 0 Å². The zero-order valence-electron chi connectivity index (χ0n) is 11.0. The van der Waals surface area contributed by atoms with E-state index < -0.39 is 4.92 Å². The Morgan fingerprint density at radius 3 is 2.84 bits per heavy atom. The fraction of sp³-hybridized carbons (Fsp3) is 0.538. The standard InChI is InChI=1S/C13H18N2O4/c1-11-2-3-13(12(10-11)15(16)17)19-9-6-14-4-7-18-8-5-14/h2-3,10H,4-9H2,1H3. The van der Waals surface area contributed by atoms with E-state index in [1.165, 1.54) is 6.07 Å². The van der Waals surface area contributed by atoms with E-state index in [4.69, 9.17) is 9.47 Å². The minimum absolute atomic E-state index is 0.0296. The van der Waals surface area contributed by atoms with Crippen molar-refractivity contribution in [3.8, 4) is 5.75 Å². The molecule has 0 N–H and O–H groups in total. The van der Waals surface area contributed by atoms with Crippen LogP contribution in [0.2, 0.25) is 0 Å². The second kappa shape index (κ2) is 6.49. The van der Waals surface area contributed by atoms with Crippen LogP contribution in [0.5, 0.6) is 5.75 Å². The van der Waals surface area contributed by atoms with Gasteiger partial charge in [-0.1, -0.05) is 6.07 Å². The van der Waals surface area contributed by atoms with Crippen molar-refractivity contribution in [2.75, 3.05) is 39.5 Å². The Morgan fingerprint density at radius 2 is 2.16 bits per heavy atom. The molecule has 0 saturated carbocycles. The molecule has 0 bridgehead atoms. The monoisotopic (exact) mass is 266 g/mol. The van der Waals surface area contributed by atoms with Gasteiger partial charge >= 0.3 is 5.69 Å². The van der Waals surface area contributed by atoms with Crippen LogP contribution in [0.3, 0.4) is 0 Å². The Hall–Kier alpha value is -1.66. The van der Waals surface area contributed by atoms with E-state index in [-0.39, 0.29) is 5.69 Å². The lowest BCUT2D eigenvalue weighted by Gasteiger charge is -2.26. The van der Waals surface area contributed by atoms with Gasteiger partial charge in [-0.05, 0) is 18.6 Å². The van der Waals surface area contributed by atoms with E-state index >= 15 is 0 Å². The predicted molar refractivity (Wildman–Crippen MR) is 70.6 cm³/mol. The zero-order chi connectivity index (χ0) is 13.7. The molecule has 1 saturated heterocycles. The molecular formula is C13H18N2O4. The molecule has 0 unspecified atom stereocenters. The van der Waals surface area contributed by atoms with Gasteiger partial charge in [-0.25, -0.2) is 0 Å². The number of nitro groups is 1. The number of nitrogens with zero attached hydrogens (tertiary/aromatic N) is 2. The number of morpholine rings is 1. The van der Waals surface area contributed by atoms with Crippen molar-refractivity contribution in [3.63, 3.8) is 0 Å². The summed E-state index contributed by atoms with van der Waals surface area (Å²) in [5.41, 5.74) is 0.884. The topological polar surface area (TPSA) is 64.8 Å². The number of rotatable bonds is 5. The van der Waals surface area contributed by atoms with Crippen LogP contribution in [0, 0.1) is 17.0 Å². The Labute approximate surface area is 112 Å². The van der Waals surface area contributed by atoms with Crippen LogP contribution in [0.15, 0.2) is 18.2 Å². The summed E-state index contributed by atoms with van der Waals surface area (Å²) in [7, 11) is 0. The molecule has 1 aliphatic rings. The third-order valence-electron chi connectivity index (χ3n) is 3.08. The molecule has 6 nitrogen and oxygen atoms in total. The first-order valence-corrected chi connectivity index (χ1v) is 6.35. The lowest BCUT2D eigenvalue weighted by molar-refractivity contribution is -0.385. The van der Waals surface area contributed by atoms with Gasteiger partial charge in [-0.15, -0.1) is 0 Å². The molecule has 0 radical (unpaired) electrons. The lowest BCUT2D eigenvalue weighted by Crippen LogP contribution is -2.38. The average molecular weight is 266 g/mol. The molecule has 1 aliphatic heterocycles. The number of aryl methyl sites for hydroxylation is 1. The molecule has 0 spiro atoms. The van der Waals surface area contributed by atoms with Crippen molar-refractivity contribution in [1.29, 1.82) is 0 Å². The van der Waals surface area contributed by atoms with Crippen LogP contribution in [0.4, 0.5) is 5.69 Å². The van der Waals surface area contributed by atoms with Gasteiger partial charge < -0.3 is 9.47 Å². The molecule has 19 heavy (non-hydrogen) atoms. The maximum absolute atomic E-state index is 10.9. The number of hydrogen-bond donors (Lipinski definition) is 0. The largest absolute Gasteiger partial charge is 0.485 e. The summed E-state index contributed by atoms with van der Waals surface area (Å²) < 4.78 is 10.8. The molecule has 1 aromatic rings. The minimum Gasteiger partial charge on any atom is -0.485 e. The lowest BCUT2D eigenvalue weighted by atomic mass is 10.2. The normalized spacial score (nSPS) is 16.3. The Balaban J connectivity index is 1.89. The summed E-state index contributed by atoms with van der Waals surface area (Å²) in [4.78, 5) is 12.8. The molecule has 0 amide bonds. The molecule has 0 atom stereocenters. The number of benzene rings is 1. The third kappa shape index (κ3) is 3.90. The zero-order valence-corrected chi connectivity index (χ0v) is 11.0. The van der Waals surface area contributed by atoms with Gasteiger partial charge in [0, 0.05) is 25.7 Å². The molecule has 6 heteroatoms. The predicted octanol–water partition coefficient (Wildman–Crippen LogP) is 1.61. The summed E-state index contributed by atoms with van der Waals surface area (Å²) in [5, 5.41) is 10.9. The fourth-order valence-corrected chi connectivity index (χ4v) is 2.00. The van der Waals surface area contributed by atoms with E-state index in [1.54, 1.807) is 6.07 Å². The molecule has 1 heterocycles. The van der Waals surface area contributed by atoms with E-state index in [1.807, 2.05) is 13.0 Å². The van der Waals surface area contributed by atoms with Crippen LogP contribution in [-0.4, -0.2) is 49.3 Å². The SMILES string of the molecule is Cc1ccc(OCCN2CCOCC2)c([N+](=O)[O-])c1. The van der Waals surface area contributed by atoms with E-state index in [0.29, 0.717) is 12.4 Å². The van der Waals surface area contributed by atoms with Crippen molar-refractivity contribution in [2.24, 2.45) is 0 Å². The van der Waals surface area contributed by atoms with Crippen LogP contribution >= 0.6 is 0 Å². The van der Waals surface area contributed by atoms with Crippen molar-refractivity contribution in [2.45, 2.75) is 6.92 Å². The first kappa shape index (κ1) is 13.8. The maximum atomic E-state index is 10.9. The molecule has 1 aromatic carbocycles. The summed E-state index contributed by atoms with van der Waals surface area (Å²) in [5.74, 6) is 0.337. The molecular weight excluding hydrogens is 248 g/mol. The highest BCUT2D eigenvalue weighted by atomic mass is 16.6. The van der Waals surface area contributed by atoms with Gasteiger partial charge in [0.15, 0.2) is 5.75 Å². The Kier molecular flexibility index (Phi) is 4.70. The van der Waals surface area contributed by atoms with Gasteiger partial charge in [0.1, 0.15) is 6.61 Å². The highest BCUT2D eigenvalue weighted by Crippen LogP contribution is 2.27.